The van der Waals surface area contributed by atoms with Crippen molar-refractivity contribution >= 4 is 5.97 Å². The van der Waals surface area contributed by atoms with Gasteiger partial charge in [0.25, 0.3) is 0 Å². The van der Waals surface area contributed by atoms with E-state index in [0.717, 1.165) is 38.5 Å². The van der Waals surface area contributed by atoms with Crippen molar-refractivity contribution in [2.24, 2.45) is 46.3 Å². The summed E-state index contributed by atoms with van der Waals surface area (Å²) >= 11 is 0. The zero-order valence-corrected chi connectivity index (χ0v) is 18.3. The Morgan fingerprint density at radius 1 is 1.00 bits per heavy atom. The summed E-state index contributed by atoms with van der Waals surface area (Å²) < 4.78 is 0. The summed E-state index contributed by atoms with van der Waals surface area (Å²) in [6.45, 7) is 6.72. The van der Waals surface area contributed by atoms with E-state index < -0.39 is 5.97 Å². The van der Waals surface area contributed by atoms with E-state index in [0.29, 0.717) is 24.7 Å². The molecule has 5 nitrogen and oxygen atoms in total. The average Bonchev–Trinajstić information content (AvgIpc) is 2.90. The van der Waals surface area contributed by atoms with E-state index in [1.807, 2.05) is 0 Å². The van der Waals surface area contributed by atoms with E-state index in [4.69, 9.17) is 5.11 Å². The highest BCUT2D eigenvalue weighted by Gasteiger charge is 2.65. The Morgan fingerprint density at radius 3 is 2.38 bits per heavy atom. The molecule has 0 aromatic heterocycles. The minimum Gasteiger partial charge on any atom is -0.481 e. The highest BCUT2D eigenvalue weighted by Crippen LogP contribution is 2.68. The molecule has 5 heteroatoms. The third kappa shape index (κ3) is 3.36. The van der Waals surface area contributed by atoms with Crippen molar-refractivity contribution < 1.29 is 25.2 Å². The van der Waals surface area contributed by atoms with Crippen molar-refractivity contribution in [2.75, 3.05) is 0 Å². The fourth-order valence-corrected chi connectivity index (χ4v) is 8.91. The number of carboxylic acids is 1. The van der Waals surface area contributed by atoms with Crippen LogP contribution < -0.4 is 0 Å². The Balaban J connectivity index is 1.61. The molecule has 11 atom stereocenters. The van der Waals surface area contributed by atoms with E-state index in [1.54, 1.807) is 0 Å². The van der Waals surface area contributed by atoms with Crippen LogP contribution in [0.15, 0.2) is 0 Å². The first-order valence-electron chi connectivity index (χ1n) is 11.8. The van der Waals surface area contributed by atoms with Gasteiger partial charge in [0, 0.05) is 6.42 Å². The van der Waals surface area contributed by atoms with Crippen molar-refractivity contribution in [2.45, 2.75) is 96.9 Å². The standard InChI is InChI=1S/C24H40O5/c1-13(4-7-20(28)29)17-11-18(26)21-16-6-5-14-10-15(25)8-9-23(14,2)22(16)19(27)12-24(17,21)3/h13-19,21-22,25-27H,4-12H2,1-3H3,(H,28,29)/t13-,14-,15-,16+,17-,18-,19-,21-,22-,23+,24-/m1/s1. The van der Waals surface area contributed by atoms with Crippen molar-refractivity contribution in [3.63, 3.8) is 0 Å². The number of carboxylic acid groups (broad SMARTS) is 1. The second-order valence-electron chi connectivity index (χ2n) is 11.5. The maximum Gasteiger partial charge on any atom is 0.303 e. The normalized spacial score (nSPS) is 52.9. The molecule has 166 valence electrons. The average molecular weight is 409 g/mol. The molecule has 4 aliphatic carbocycles. The van der Waals surface area contributed by atoms with Crippen LogP contribution in [0.3, 0.4) is 0 Å². The lowest BCUT2D eigenvalue weighted by molar-refractivity contribution is -0.189. The summed E-state index contributed by atoms with van der Waals surface area (Å²) in [5.41, 5.74) is -0.0785. The van der Waals surface area contributed by atoms with Crippen LogP contribution in [-0.4, -0.2) is 44.7 Å². The highest BCUT2D eigenvalue weighted by atomic mass is 16.4. The van der Waals surface area contributed by atoms with Gasteiger partial charge in [-0.05, 0) is 97.7 Å². The molecule has 0 saturated heterocycles. The predicted molar refractivity (Wildman–Crippen MR) is 110 cm³/mol. The molecule has 29 heavy (non-hydrogen) atoms. The molecular formula is C24H40O5. The van der Waals surface area contributed by atoms with E-state index >= 15 is 0 Å². The molecule has 0 radical (unpaired) electrons. The SMILES string of the molecule is C[C@H](CCC(=O)O)[C@H]1C[C@@H](O)[C@H]2[C@@H]3CC[C@@H]4C[C@H](O)CC[C@]4(C)[C@H]3[C@H](O)C[C@@]21C. The Morgan fingerprint density at radius 2 is 1.69 bits per heavy atom. The van der Waals surface area contributed by atoms with Crippen molar-refractivity contribution in [3.8, 4) is 0 Å². The minimum absolute atomic E-state index is 0.0512. The topological polar surface area (TPSA) is 98.0 Å². The van der Waals surface area contributed by atoms with Gasteiger partial charge in [-0.25, -0.2) is 0 Å². The molecular weight excluding hydrogens is 368 g/mol. The summed E-state index contributed by atoms with van der Waals surface area (Å²) in [5, 5.41) is 41.9. The molecule has 4 N–H and O–H groups in total. The molecule has 0 spiro atoms. The fourth-order valence-electron chi connectivity index (χ4n) is 8.91. The van der Waals surface area contributed by atoms with Gasteiger partial charge in [0.1, 0.15) is 0 Å². The number of aliphatic hydroxyl groups excluding tert-OH is 3. The third-order valence-electron chi connectivity index (χ3n) is 10.1. The first kappa shape index (κ1) is 21.6. The molecule has 4 saturated carbocycles. The second-order valence-corrected chi connectivity index (χ2v) is 11.5. The maximum atomic E-state index is 11.5. The van der Waals surface area contributed by atoms with Gasteiger partial charge < -0.3 is 20.4 Å². The highest BCUT2D eigenvalue weighted by molar-refractivity contribution is 5.66. The molecule has 4 fully saturated rings. The minimum atomic E-state index is -0.758. The van der Waals surface area contributed by atoms with Crippen LogP contribution in [0, 0.1) is 46.3 Å². The number of aliphatic hydroxyl groups is 3. The van der Waals surface area contributed by atoms with E-state index in [2.05, 4.69) is 20.8 Å². The van der Waals surface area contributed by atoms with Gasteiger partial charge in [0.2, 0.25) is 0 Å². The lowest BCUT2D eigenvalue weighted by Gasteiger charge is -2.62. The molecule has 0 unspecified atom stereocenters. The molecule has 0 amide bonds. The summed E-state index contributed by atoms with van der Waals surface area (Å²) in [5.74, 6) is 0.925. The lowest BCUT2D eigenvalue weighted by Crippen LogP contribution is -2.60. The molecule has 4 aliphatic rings. The monoisotopic (exact) mass is 408 g/mol. The Bertz CT molecular complexity index is 637. The van der Waals surface area contributed by atoms with Crippen LogP contribution in [-0.2, 0) is 4.79 Å². The zero-order valence-electron chi connectivity index (χ0n) is 18.3. The quantitative estimate of drug-likeness (QED) is 0.571. The Hall–Kier alpha value is -0.650. The van der Waals surface area contributed by atoms with Crippen molar-refractivity contribution in [3.05, 3.63) is 0 Å². The van der Waals surface area contributed by atoms with Gasteiger partial charge in [0.15, 0.2) is 0 Å². The molecule has 0 aromatic rings. The fraction of sp³-hybridized carbons (Fsp3) is 0.958. The summed E-state index contributed by atoms with van der Waals surface area (Å²) in [7, 11) is 0. The van der Waals surface area contributed by atoms with Gasteiger partial charge in [-0.3, -0.25) is 4.79 Å². The van der Waals surface area contributed by atoms with Crippen molar-refractivity contribution in [1.82, 2.24) is 0 Å². The second kappa shape index (κ2) is 7.49. The number of rotatable bonds is 4. The van der Waals surface area contributed by atoms with Crippen LogP contribution in [0.25, 0.3) is 0 Å². The number of carbonyl (C=O) groups is 1. The van der Waals surface area contributed by atoms with Crippen LogP contribution in [0.1, 0.15) is 78.6 Å². The molecule has 0 bridgehead atoms. The van der Waals surface area contributed by atoms with Gasteiger partial charge in [-0.1, -0.05) is 20.8 Å². The van der Waals surface area contributed by atoms with Crippen LogP contribution in [0.4, 0.5) is 0 Å². The number of fused-ring (bicyclic) bond motifs is 5. The predicted octanol–water partition coefficient (Wildman–Crippen LogP) is 3.45. The van der Waals surface area contributed by atoms with Gasteiger partial charge in [0.05, 0.1) is 18.3 Å². The first-order valence-corrected chi connectivity index (χ1v) is 11.8. The maximum absolute atomic E-state index is 11.5. The largest absolute Gasteiger partial charge is 0.481 e. The van der Waals surface area contributed by atoms with Crippen molar-refractivity contribution in [1.29, 1.82) is 0 Å². The third-order valence-corrected chi connectivity index (χ3v) is 10.1. The van der Waals surface area contributed by atoms with Crippen LogP contribution in [0.5, 0.6) is 0 Å². The number of aliphatic carboxylic acids is 1. The summed E-state index contributed by atoms with van der Waals surface area (Å²) in [6.07, 6.45) is 6.08. The van der Waals surface area contributed by atoms with Crippen LogP contribution >= 0.6 is 0 Å². The molecule has 4 rings (SSSR count). The Labute approximate surface area is 174 Å². The van der Waals surface area contributed by atoms with Gasteiger partial charge in [-0.15, -0.1) is 0 Å². The molecule has 0 aliphatic heterocycles. The van der Waals surface area contributed by atoms with E-state index in [1.165, 1.54) is 0 Å². The smallest absolute Gasteiger partial charge is 0.303 e. The summed E-state index contributed by atoms with van der Waals surface area (Å²) in [4.78, 5) is 11.1. The zero-order chi connectivity index (χ0) is 21.1. The first-order chi connectivity index (χ1) is 13.6. The molecule has 0 aromatic carbocycles. The molecule has 0 heterocycles. The van der Waals surface area contributed by atoms with Crippen LogP contribution in [0.2, 0.25) is 0 Å². The lowest BCUT2D eigenvalue weighted by atomic mass is 9.43. The Kier molecular flexibility index (Phi) is 5.57. The van der Waals surface area contributed by atoms with Gasteiger partial charge in [-0.2, -0.15) is 0 Å². The number of hydrogen-bond donors (Lipinski definition) is 4. The number of hydrogen-bond acceptors (Lipinski definition) is 4. The van der Waals surface area contributed by atoms with E-state index in [9.17, 15) is 20.1 Å². The van der Waals surface area contributed by atoms with Gasteiger partial charge >= 0.3 is 5.97 Å². The van der Waals surface area contributed by atoms with E-state index in [-0.39, 0.29) is 59.2 Å². The summed E-state index contributed by atoms with van der Waals surface area (Å²) in [6, 6.07) is 0.